The van der Waals surface area contributed by atoms with Crippen LogP contribution in [0.25, 0.3) is 11.1 Å². The summed E-state index contributed by atoms with van der Waals surface area (Å²) >= 11 is 0. The molecule has 0 N–H and O–H groups in total. The molecule has 1 aliphatic carbocycles. The lowest BCUT2D eigenvalue weighted by Crippen LogP contribution is -2.27. The highest BCUT2D eigenvalue weighted by atomic mass is 16.5. The van der Waals surface area contributed by atoms with Gasteiger partial charge in [-0.1, -0.05) is 74.5 Å². The first kappa shape index (κ1) is 20.7. The number of fused-ring (bicyclic) bond motifs is 3. The van der Waals surface area contributed by atoms with Gasteiger partial charge in [0.25, 0.3) is 0 Å². The molecular weight excluding hydrogens is 368 g/mol. The molecule has 156 valence electrons. The van der Waals surface area contributed by atoms with Crippen LogP contribution < -0.4 is 4.74 Å². The second-order valence-corrected chi connectivity index (χ2v) is 8.75. The Balaban J connectivity index is 1.86. The van der Waals surface area contributed by atoms with Crippen LogP contribution >= 0.6 is 0 Å². The monoisotopic (exact) mass is 400 g/mol. The standard InChI is InChI=1S/C28H32O2/c1-20(2)15-16-28(22-13-14-27(21(3)19-22)30-18-17-29-4)25-11-7-5-9-23(25)24-10-6-8-12-26(24)28/h5-14,19-20H,15-18H2,1-4H3. The van der Waals surface area contributed by atoms with E-state index in [1.54, 1.807) is 7.11 Å². The summed E-state index contributed by atoms with van der Waals surface area (Å²) in [5, 5.41) is 0. The van der Waals surface area contributed by atoms with Crippen LogP contribution in [0.5, 0.6) is 5.75 Å². The molecule has 0 heterocycles. The Hall–Kier alpha value is -2.58. The predicted molar refractivity (Wildman–Crippen MR) is 124 cm³/mol. The summed E-state index contributed by atoms with van der Waals surface area (Å²) in [6, 6.07) is 24.6. The molecule has 2 nitrogen and oxygen atoms in total. The van der Waals surface area contributed by atoms with E-state index in [2.05, 4.69) is 87.5 Å². The zero-order valence-corrected chi connectivity index (χ0v) is 18.6. The largest absolute Gasteiger partial charge is 0.491 e. The molecule has 0 fully saturated rings. The topological polar surface area (TPSA) is 18.5 Å². The lowest BCUT2D eigenvalue weighted by Gasteiger charge is -2.34. The minimum absolute atomic E-state index is 0.118. The van der Waals surface area contributed by atoms with Crippen LogP contribution in [-0.4, -0.2) is 20.3 Å². The summed E-state index contributed by atoms with van der Waals surface area (Å²) < 4.78 is 11.1. The van der Waals surface area contributed by atoms with E-state index in [9.17, 15) is 0 Å². The summed E-state index contributed by atoms with van der Waals surface area (Å²) in [6.45, 7) is 7.95. The van der Waals surface area contributed by atoms with Gasteiger partial charge in [0.1, 0.15) is 12.4 Å². The van der Waals surface area contributed by atoms with Crippen LogP contribution in [-0.2, 0) is 10.2 Å². The van der Waals surface area contributed by atoms with Crippen LogP contribution in [0.2, 0.25) is 0 Å². The quantitative estimate of drug-likeness (QED) is 0.388. The molecule has 0 aliphatic heterocycles. The fourth-order valence-electron chi connectivity index (χ4n) is 4.87. The maximum Gasteiger partial charge on any atom is 0.122 e. The molecule has 0 radical (unpaired) electrons. The van der Waals surface area contributed by atoms with Crippen LogP contribution in [0, 0.1) is 12.8 Å². The van der Waals surface area contributed by atoms with E-state index in [0.29, 0.717) is 19.1 Å². The average Bonchev–Trinajstić information content (AvgIpc) is 3.04. The molecule has 0 unspecified atom stereocenters. The van der Waals surface area contributed by atoms with E-state index in [1.165, 1.54) is 39.8 Å². The molecular formula is C28H32O2. The van der Waals surface area contributed by atoms with Crippen molar-refractivity contribution in [3.63, 3.8) is 0 Å². The third-order valence-corrected chi connectivity index (χ3v) is 6.37. The van der Waals surface area contributed by atoms with E-state index in [0.717, 1.165) is 12.2 Å². The van der Waals surface area contributed by atoms with Crippen LogP contribution in [0.1, 0.15) is 48.9 Å². The van der Waals surface area contributed by atoms with E-state index >= 15 is 0 Å². The zero-order chi connectivity index (χ0) is 21.1. The van der Waals surface area contributed by atoms with E-state index in [-0.39, 0.29) is 5.41 Å². The average molecular weight is 401 g/mol. The summed E-state index contributed by atoms with van der Waals surface area (Å²) in [5.41, 5.74) is 8.02. The Morgan fingerprint density at radius 1 is 0.833 bits per heavy atom. The second kappa shape index (κ2) is 8.65. The number of methoxy groups -OCH3 is 1. The minimum Gasteiger partial charge on any atom is -0.491 e. The van der Waals surface area contributed by atoms with Crippen LogP contribution in [0.3, 0.4) is 0 Å². The van der Waals surface area contributed by atoms with Gasteiger partial charge in [-0.05, 0) is 65.1 Å². The van der Waals surface area contributed by atoms with Crippen molar-refractivity contribution < 1.29 is 9.47 Å². The van der Waals surface area contributed by atoms with Crippen molar-refractivity contribution in [1.29, 1.82) is 0 Å². The number of benzene rings is 3. The van der Waals surface area contributed by atoms with Gasteiger partial charge in [0.2, 0.25) is 0 Å². The summed E-state index contributed by atoms with van der Waals surface area (Å²) in [4.78, 5) is 0. The third-order valence-electron chi connectivity index (χ3n) is 6.37. The van der Waals surface area contributed by atoms with Gasteiger partial charge < -0.3 is 9.47 Å². The third kappa shape index (κ3) is 3.54. The Labute approximate surface area is 180 Å². The Kier molecular flexibility index (Phi) is 5.97. The van der Waals surface area contributed by atoms with Crippen LogP contribution in [0.4, 0.5) is 0 Å². The molecule has 0 saturated heterocycles. The number of aryl methyl sites for hydroxylation is 1. The summed E-state index contributed by atoms with van der Waals surface area (Å²) in [7, 11) is 1.70. The van der Waals surface area contributed by atoms with Gasteiger partial charge in [0.15, 0.2) is 0 Å². The van der Waals surface area contributed by atoms with Crippen molar-refractivity contribution in [3.05, 3.63) is 89.0 Å². The van der Waals surface area contributed by atoms with Crippen molar-refractivity contribution in [2.75, 3.05) is 20.3 Å². The molecule has 1 aliphatic rings. The fourth-order valence-corrected chi connectivity index (χ4v) is 4.87. The highest BCUT2D eigenvalue weighted by Crippen LogP contribution is 2.55. The number of ether oxygens (including phenoxy) is 2. The molecule has 0 aromatic heterocycles. The van der Waals surface area contributed by atoms with Gasteiger partial charge in [-0.25, -0.2) is 0 Å². The molecule has 3 aromatic rings. The highest BCUT2D eigenvalue weighted by molar-refractivity contribution is 5.83. The smallest absolute Gasteiger partial charge is 0.122 e. The van der Waals surface area contributed by atoms with Gasteiger partial charge >= 0.3 is 0 Å². The van der Waals surface area contributed by atoms with Crippen molar-refractivity contribution in [2.24, 2.45) is 5.92 Å². The van der Waals surface area contributed by atoms with Crippen LogP contribution in [0.15, 0.2) is 66.7 Å². The van der Waals surface area contributed by atoms with Gasteiger partial charge in [-0.15, -0.1) is 0 Å². The van der Waals surface area contributed by atoms with Gasteiger partial charge in [0.05, 0.1) is 6.61 Å². The van der Waals surface area contributed by atoms with Crippen molar-refractivity contribution in [3.8, 4) is 16.9 Å². The lowest BCUT2D eigenvalue weighted by molar-refractivity contribution is 0.146. The van der Waals surface area contributed by atoms with Gasteiger partial charge in [-0.3, -0.25) is 0 Å². The highest BCUT2D eigenvalue weighted by Gasteiger charge is 2.44. The molecule has 0 saturated carbocycles. The fraction of sp³-hybridized carbons (Fsp3) is 0.357. The van der Waals surface area contributed by atoms with E-state index in [1.807, 2.05) is 0 Å². The van der Waals surface area contributed by atoms with Gasteiger partial charge in [0, 0.05) is 12.5 Å². The number of hydrogen-bond donors (Lipinski definition) is 0. The zero-order valence-electron chi connectivity index (χ0n) is 18.6. The SMILES string of the molecule is COCCOc1ccc(C2(CCC(C)C)c3ccccc3-c3ccccc32)cc1C. The first-order chi connectivity index (χ1) is 14.6. The normalized spacial score (nSPS) is 13.9. The first-order valence-electron chi connectivity index (χ1n) is 11.0. The Morgan fingerprint density at radius 3 is 2.03 bits per heavy atom. The summed E-state index contributed by atoms with van der Waals surface area (Å²) in [5.74, 6) is 1.59. The van der Waals surface area contributed by atoms with Crippen molar-refractivity contribution in [2.45, 2.75) is 39.0 Å². The number of rotatable bonds is 8. The Morgan fingerprint density at radius 2 is 1.47 bits per heavy atom. The van der Waals surface area contributed by atoms with E-state index < -0.39 is 0 Å². The van der Waals surface area contributed by atoms with E-state index in [4.69, 9.17) is 9.47 Å². The molecule has 0 spiro atoms. The number of hydrogen-bond acceptors (Lipinski definition) is 2. The molecule has 30 heavy (non-hydrogen) atoms. The second-order valence-electron chi connectivity index (χ2n) is 8.75. The molecule has 2 heteroatoms. The maximum atomic E-state index is 5.94. The predicted octanol–water partition coefficient (Wildman–Crippen LogP) is 6.77. The van der Waals surface area contributed by atoms with Crippen molar-refractivity contribution >= 4 is 0 Å². The molecule has 3 aromatic carbocycles. The maximum absolute atomic E-state index is 5.94. The molecule has 0 amide bonds. The minimum atomic E-state index is -0.118. The first-order valence-corrected chi connectivity index (χ1v) is 11.0. The lowest BCUT2D eigenvalue weighted by atomic mass is 9.68. The summed E-state index contributed by atoms with van der Waals surface area (Å²) in [6.07, 6.45) is 2.27. The molecule has 4 rings (SSSR count). The van der Waals surface area contributed by atoms with Crippen molar-refractivity contribution in [1.82, 2.24) is 0 Å². The molecule has 0 atom stereocenters. The van der Waals surface area contributed by atoms with Gasteiger partial charge in [-0.2, -0.15) is 0 Å². The Bertz CT molecular complexity index is 973. The molecule has 0 bridgehead atoms.